The van der Waals surface area contributed by atoms with E-state index in [4.69, 9.17) is 5.73 Å². The summed E-state index contributed by atoms with van der Waals surface area (Å²) in [4.78, 5) is 10.6. The van der Waals surface area contributed by atoms with Crippen LogP contribution in [0.5, 0.6) is 0 Å². The van der Waals surface area contributed by atoms with Crippen molar-refractivity contribution in [1.29, 1.82) is 0 Å². The van der Waals surface area contributed by atoms with E-state index in [1.54, 1.807) is 0 Å². The van der Waals surface area contributed by atoms with Crippen LogP contribution in [-0.2, 0) is 4.79 Å². The Kier molecular flexibility index (Phi) is 20.6. The molecule has 0 unspecified atom stereocenters. The first-order chi connectivity index (χ1) is 12.3. The molecule has 0 radical (unpaired) electrons. The topological polar surface area (TPSA) is 43.1 Å². The first kappa shape index (κ1) is 24.2. The SMILES string of the molecule is CCCCCCCCCCCCCCCCCC=CCCCC(N)=O. The van der Waals surface area contributed by atoms with E-state index in [1.165, 1.54) is 103 Å². The van der Waals surface area contributed by atoms with Gasteiger partial charge in [0.25, 0.3) is 0 Å². The zero-order valence-electron chi connectivity index (χ0n) is 17.1. The highest BCUT2D eigenvalue weighted by Crippen LogP contribution is 2.13. The molecule has 0 saturated carbocycles. The number of rotatable bonds is 20. The number of primary amides is 1. The summed E-state index contributed by atoms with van der Waals surface area (Å²) in [5.41, 5.74) is 5.11. The fourth-order valence-electron chi connectivity index (χ4n) is 3.26. The molecule has 0 aliphatic rings. The Morgan fingerprint density at radius 3 is 1.36 bits per heavy atom. The van der Waals surface area contributed by atoms with Crippen molar-refractivity contribution in [2.75, 3.05) is 0 Å². The van der Waals surface area contributed by atoms with E-state index in [0.29, 0.717) is 6.42 Å². The van der Waals surface area contributed by atoms with Crippen LogP contribution in [0.4, 0.5) is 0 Å². The number of hydrogen-bond donors (Lipinski definition) is 1. The highest BCUT2D eigenvalue weighted by molar-refractivity contribution is 5.73. The van der Waals surface area contributed by atoms with Crippen molar-refractivity contribution in [3.05, 3.63) is 12.2 Å². The minimum Gasteiger partial charge on any atom is -0.370 e. The van der Waals surface area contributed by atoms with Crippen LogP contribution >= 0.6 is 0 Å². The van der Waals surface area contributed by atoms with Crippen molar-refractivity contribution >= 4 is 5.91 Å². The second-order valence-corrected chi connectivity index (χ2v) is 7.57. The van der Waals surface area contributed by atoms with E-state index in [2.05, 4.69) is 19.1 Å². The van der Waals surface area contributed by atoms with Gasteiger partial charge in [-0.2, -0.15) is 0 Å². The molecule has 0 bridgehead atoms. The summed E-state index contributed by atoms with van der Waals surface area (Å²) in [6.07, 6.45) is 29.4. The average molecular weight is 352 g/mol. The minimum atomic E-state index is -0.184. The van der Waals surface area contributed by atoms with Gasteiger partial charge in [-0.3, -0.25) is 4.79 Å². The summed E-state index contributed by atoms with van der Waals surface area (Å²) in [6, 6.07) is 0. The van der Waals surface area contributed by atoms with Crippen molar-refractivity contribution in [2.24, 2.45) is 5.73 Å². The first-order valence-corrected chi connectivity index (χ1v) is 11.2. The lowest BCUT2D eigenvalue weighted by Gasteiger charge is -2.03. The van der Waals surface area contributed by atoms with Crippen molar-refractivity contribution < 1.29 is 4.79 Å². The highest BCUT2D eigenvalue weighted by atomic mass is 16.1. The summed E-state index contributed by atoms with van der Waals surface area (Å²) in [5, 5.41) is 0. The average Bonchev–Trinajstić information content (AvgIpc) is 2.60. The van der Waals surface area contributed by atoms with Gasteiger partial charge in [0.2, 0.25) is 5.91 Å². The van der Waals surface area contributed by atoms with Crippen molar-refractivity contribution in [3.8, 4) is 0 Å². The lowest BCUT2D eigenvalue weighted by atomic mass is 10.0. The fraction of sp³-hybridized carbons (Fsp3) is 0.870. The van der Waals surface area contributed by atoms with Gasteiger partial charge in [-0.15, -0.1) is 0 Å². The molecule has 1 amide bonds. The third kappa shape index (κ3) is 23.2. The van der Waals surface area contributed by atoms with Crippen LogP contribution in [0.3, 0.4) is 0 Å². The van der Waals surface area contributed by atoms with Crippen LogP contribution in [0, 0.1) is 0 Å². The van der Waals surface area contributed by atoms with Crippen LogP contribution in [0.15, 0.2) is 12.2 Å². The normalized spacial score (nSPS) is 11.4. The van der Waals surface area contributed by atoms with Crippen molar-refractivity contribution in [2.45, 2.75) is 129 Å². The van der Waals surface area contributed by atoms with Crippen molar-refractivity contribution in [1.82, 2.24) is 0 Å². The zero-order chi connectivity index (χ0) is 18.4. The van der Waals surface area contributed by atoms with Gasteiger partial charge >= 0.3 is 0 Å². The molecule has 0 aliphatic heterocycles. The third-order valence-corrected chi connectivity index (χ3v) is 4.93. The molecular formula is C23H45NO. The van der Waals surface area contributed by atoms with E-state index in [9.17, 15) is 4.79 Å². The maximum atomic E-state index is 10.6. The van der Waals surface area contributed by atoms with E-state index in [1.807, 2.05) is 0 Å². The highest BCUT2D eigenvalue weighted by Gasteiger charge is 1.94. The summed E-state index contributed by atoms with van der Waals surface area (Å²) < 4.78 is 0. The summed E-state index contributed by atoms with van der Waals surface area (Å²) in [7, 11) is 0. The van der Waals surface area contributed by atoms with Crippen LogP contribution in [-0.4, -0.2) is 5.91 Å². The molecule has 0 atom stereocenters. The van der Waals surface area contributed by atoms with Crippen molar-refractivity contribution in [3.63, 3.8) is 0 Å². The van der Waals surface area contributed by atoms with Gasteiger partial charge in [-0.25, -0.2) is 0 Å². The van der Waals surface area contributed by atoms with E-state index < -0.39 is 0 Å². The maximum absolute atomic E-state index is 10.6. The van der Waals surface area contributed by atoms with Gasteiger partial charge < -0.3 is 5.73 Å². The summed E-state index contributed by atoms with van der Waals surface area (Å²) >= 11 is 0. The molecule has 0 aromatic heterocycles. The largest absolute Gasteiger partial charge is 0.370 e. The molecule has 2 nitrogen and oxygen atoms in total. The molecule has 0 spiro atoms. The van der Waals surface area contributed by atoms with E-state index in [0.717, 1.165) is 12.8 Å². The lowest BCUT2D eigenvalue weighted by molar-refractivity contribution is -0.118. The Hall–Kier alpha value is -0.790. The Bertz CT molecular complexity index is 298. The quantitative estimate of drug-likeness (QED) is 0.179. The fourth-order valence-corrected chi connectivity index (χ4v) is 3.26. The summed E-state index contributed by atoms with van der Waals surface area (Å²) in [5.74, 6) is -0.184. The number of carbonyl (C=O) groups is 1. The second kappa shape index (κ2) is 21.3. The Balaban J connectivity index is 3.05. The number of carbonyl (C=O) groups excluding carboxylic acids is 1. The Morgan fingerprint density at radius 1 is 0.600 bits per heavy atom. The van der Waals surface area contributed by atoms with Crippen LogP contribution < -0.4 is 5.73 Å². The number of hydrogen-bond acceptors (Lipinski definition) is 1. The number of nitrogens with two attached hydrogens (primary N) is 1. The number of unbranched alkanes of at least 4 members (excludes halogenated alkanes) is 16. The second-order valence-electron chi connectivity index (χ2n) is 7.57. The molecule has 25 heavy (non-hydrogen) atoms. The third-order valence-electron chi connectivity index (χ3n) is 4.93. The molecule has 0 aromatic rings. The predicted octanol–water partition coefficient (Wildman–Crippen LogP) is 7.46. The van der Waals surface area contributed by atoms with Gasteiger partial charge in [0.05, 0.1) is 0 Å². The molecule has 0 saturated heterocycles. The van der Waals surface area contributed by atoms with Gasteiger partial charge in [0.1, 0.15) is 0 Å². The van der Waals surface area contributed by atoms with Gasteiger partial charge in [-0.05, 0) is 25.7 Å². The van der Waals surface area contributed by atoms with Gasteiger partial charge in [0.15, 0.2) is 0 Å². The van der Waals surface area contributed by atoms with Gasteiger partial charge in [-0.1, -0.05) is 109 Å². The molecule has 148 valence electrons. The van der Waals surface area contributed by atoms with Gasteiger partial charge in [0, 0.05) is 6.42 Å². The van der Waals surface area contributed by atoms with E-state index >= 15 is 0 Å². The zero-order valence-corrected chi connectivity index (χ0v) is 17.1. The Morgan fingerprint density at radius 2 is 0.960 bits per heavy atom. The monoisotopic (exact) mass is 351 g/mol. The first-order valence-electron chi connectivity index (χ1n) is 11.2. The van der Waals surface area contributed by atoms with Crippen LogP contribution in [0.2, 0.25) is 0 Å². The van der Waals surface area contributed by atoms with Crippen LogP contribution in [0.1, 0.15) is 129 Å². The summed E-state index contributed by atoms with van der Waals surface area (Å²) in [6.45, 7) is 2.29. The molecular weight excluding hydrogens is 306 g/mol. The molecule has 0 aliphatic carbocycles. The standard InChI is InChI=1S/C23H45NO/c1-2-3-4-5-6-7-8-9-10-11-12-13-14-15-16-17-18-19-20-21-22-23(24)25/h18-19H,2-17,20-22H2,1H3,(H2,24,25). The predicted molar refractivity (Wildman–Crippen MR) is 112 cm³/mol. The smallest absolute Gasteiger partial charge is 0.217 e. The molecule has 0 rings (SSSR count). The molecule has 0 fully saturated rings. The molecule has 0 heterocycles. The lowest BCUT2D eigenvalue weighted by Crippen LogP contribution is -2.09. The van der Waals surface area contributed by atoms with Crippen LogP contribution in [0.25, 0.3) is 0 Å². The van der Waals surface area contributed by atoms with E-state index in [-0.39, 0.29) is 5.91 Å². The maximum Gasteiger partial charge on any atom is 0.217 e. The number of allylic oxidation sites excluding steroid dienone is 2. The minimum absolute atomic E-state index is 0.184. The molecule has 2 heteroatoms. The molecule has 2 N–H and O–H groups in total. The number of amides is 1. The molecule has 0 aromatic carbocycles. The Labute approximate surface area is 158 Å².